The van der Waals surface area contributed by atoms with Crippen molar-refractivity contribution < 1.29 is 21.4 Å². The van der Waals surface area contributed by atoms with Gasteiger partial charge in [-0.25, -0.2) is 8.78 Å². The highest BCUT2D eigenvalue weighted by Crippen LogP contribution is 2.20. The quantitative estimate of drug-likeness (QED) is 0.710. The van der Waals surface area contributed by atoms with Crippen LogP contribution in [-0.4, -0.2) is 8.42 Å². The van der Waals surface area contributed by atoms with E-state index in [-0.39, 0.29) is 0 Å². The summed E-state index contributed by atoms with van der Waals surface area (Å²) in [6, 6.07) is 2.91. The molecule has 0 saturated carbocycles. The lowest BCUT2D eigenvalue weighted by Crippen LogP contribution is -1.95. The summed E-state index contributed by atoms with van der Waals surface area (Å²) in [5.74, 6) is -2.99. The van der Waals surface area contributed by atoms with Crippen molar-refractivity contribution in [1.29, 1.82) is 0 Å². The van der Waals surface area contributed by atoms with Gasteiger partial charge in [-0.3, -0.25) is 0 Å². The first kappa shape index (κ1) is 8.92. The lowest BCUT2D eigenvalue weighted by molar-refractivity contribution is 0.449. The average Bonchev–Trinajstić information content (AvgIpc) is 1.97. The maximum Gasteiger partial charge on any atom is 0.299 e. The molecule has 66 valence electrons. The van der Waals surface area contributed by atoms with Crippen molar-refractivity contribution >= 4 is 11.0 Å². The lowest BCUT2D eigenvalue weighted by Gasteiger charge is -1.99. The van der Waals surface area contributed by atoms with Crippen molar-refractivity contribution in [3.05, 3.63) is 29.8 Å². The van der Waals surface area contributed by atoms with E-state index >= 15 is 0 Å². The predicted molar refractivity (Wildman–Crippen MR) is 37.3 cm³/mol. The second kappa shape index (κ2) is 3.48. The molecule has 0 radical (unpaired) electrons. The Kier molecular flexibility index (Phi) is 2.59. The van der Waals surface area contributed by atoms with Crippen molar-refractivity contribution in [2.75, 3.05) is 0 Å². The van der Waals surface area contributed by atoms with Gasteiger partial charge in [-0.1, -0.05) is 6.07 Å². The van der Waals surface area contributed by atoms with Gasteiger partial charge >= 0.3 is 0 Å². The third-order valence-corrected chi connectivity index (χ3v) is 1.42. The van der Waals surface area contributed by atoms with Gasteiger partial charge < -0.3 is 4.18 Å². The van der Waals surface area contributed by atoms with E-state index in [2.05, 4.69) is 4.18 Å². The number of para-hydroxylation sites is 1. The number of halogens is 2. The van der Waals surface area contributed by atoms with Crippen LogP contribution in [0.25, 0.3) is 0 Å². The zero-order valence-corrected chi connectivity index (χ0v) is 6.55. The molecule has 0 aromatic heterocycles. The number of benzene rings is 1. The van der Waals surface area contributed by atoms with Crippen LogP contribution in [0.2, 0.25) is 0 Å². The minimum Gasteiger partial charge on any atom is -0.378 e. The minimum atomic E-state index is -3.29. The van der Waals surface area contributed by atoms with Crippen LogP contribution in [0, 0.1) is 11.6 Å². The van der Waals surface area contributed by atoms with Gasteiger partial charge in [-0.2, -0.15) is 8.42 Å². The summed E-state index contributed by atoms with van der Waals surface area (Å²) in [5, 5.41) is 0. The van der Waals surface area contributed by atoms with Crippen molar-refractivity contribution in [3.8, 4) is 5.75 Å². The van der Waals surface area contributed by atoms with E-state index in [0.29, 0.717) is 0 Å². The summed E-state index contributed by atoms with van der Waals surface area (Å²) in [6.45, 7) is 0. The zero-order valence-electron chi connectivity index (χ0n) is 5.66. The third kappa shape index (κ3) is 1.91. The SMILES string of the molecule is O=[SH](=O)Oc1c(F)cccc1F. The molecule has 0 aliphatic carbocycles. The summed E-state index contributed by atoms with van der Waals surface area (Å²) in [7, 11) is -3.29. The van der Waals surface area contributed by atoms with Gasteiger partial charge in [0.05, 0.1) is 0 Å². The molecule has 0 N–H and O–H groups in total. The van der Waals surface area contributed by atoms with E-state index in [1.807, 2.05) is 0 Å². The second-order valence-electron chi connectivity index (χ2n) is 1.87. The molecular formula is C6H4F2O3S. The van der Waals surface area contributed by atoms with Crippen molar-refractivity contribution in [3.63, 3.8) is 0 Å². The fourth-order valence-corrected chi connectivity index (χ4v) is 0.968. The molecule has 0 spiro atoms. The minimum absolute atomic E-state index is 0.895. The van der Waals surface area contributed by atoms with E-state index in [1.165, 1.54) is 0 Å². The number of thiol groups is 1. The Labute approximate surface area is 68.7 Å². The van der Waals surface area contributed by atoms with Gasteiger partial charge in [0.25, 0.3) is 11.0 Å². The predicted octanol–water partition coefficient (Wildman–Crippen LogP) is 0.870. The highest BCUT2D eigenvalue weighted by atomic mass is 32.2. The molecule has 0 atom stereocenters. The molecule has 0 bridgehead atoms. The highest BCUT2D eigenvalue weighted by molar-refractivity contribution is 7.67. The molecule has 6 heteroatoms. The monoisotopic (exact) mass is 194 g/mol. The molecule has 0 unspecified atom stereocenters. The normalized spacial score (nSPS) is 10.2. The maximum absolute atomic E-state index is 12.6. The van der Waals surface area contributed by atoms with E-state index in [1.54, 1.807) is 0 Å². The molecule has 12 heavy (non-hydrogen) atoms. The molecule has 0 saturated heterocycles. The van der Waals surface area contributed by atoms with Crippen LogP contribution in [0.15, 0.2) is 18.2 Å². The van der Waals surface area contributed by atoms with Gasteiger partial charge in [-0.05, 0) is 12.1 Å². The van der Waals surface area contributed by atoms with Gasteiger partial charge in [0.15, 0.2) is 11.6 Å². The van der Waals surface area contributed by atoms with E-state index in [9.17, 15) is 17.2 Å². The van der Waals surface area contributed by atoms with Gasteiger partial charge in [-0.15, -0.1) is 0 Å². The Bertz CT molecular complexity index is 334. The molecular weight excluding hydrogens is 190 g/mol. The molecule has 0 heterocycles. The smallest absolute Gasteiger partial charge is 0.299 e. The third-order valence-electron chi connectivity index (χ3n) is 1.08. The summed E-state index contributed by atoms with van der Waals surface area (Å²) in [6.07, 6.45) is 0. The Morgan fingerprint density at radius 2 is 1.67 bits per heavy atom. The van der Waals surface area contributed by atoms with Gasteiger partial charge in [0.2, 0.25) is 5.75 Å². The van der Waals surface area contributed by atoms with Gasteiger partial charge in [0, 0.05) is 0 Å². The Morgan fingerprint density at radius 1 is 1.17 bits per heavy atom. The summed E-state index contributed by atoms with van der Waals surface area (Å²) in [5.41, 5.74) is 0. The Morgan fingerprint density at radius 3 is 2.08 bits per heavy atom. The van der Waals surface area contributed by atoms with Crippen LogP contribution >= 0.6 is 0 Å². The summed E-state index contributed by atoms with van der Waals surface area (Å²) in [4.78, 5) is 0. The first-order valence-electron chi connectivity index (χ1n) is 2.87. The molecule has 0 aliphatic heterocycles. The van der Waals surface area contributed by atoms with E-state index in [0.717, 1.165) is 18.2 Å². The standard InChI is InChI=1S/C6H4F2O3S/c7-4-2-1-3-5(8)6(4)11-12(9)10/h1-3,12H. The number of hydrogen-bond acceptors (Lipinski definition) is 3. The summed E-state index contributed by atoms with van der Waals surface area (Å²) < 4.78 is 48.9. The van der Waals surface area contributed by atoms with Gasteiger partial charge in [0.1, 0.15) is 0 Å². The van der Waals surface area contributed by atoms with Crippen LogP contribution < -0.4 is 4.18 Å². The van der Waals surface area contributed by atoms with Crippen molar-refractivity contribution in [2.45, 2.75) is 0 Å². The van der Waals surface area contributed by atoms with Crippen LogP contribution in [0.3, 0.4) is 0 Å². The number of rotatable bonds is 2. The van der Waals surface area contributed by atoms with Crippen molar-refractivity contribution in [1.82, 2.24) is 0 Å². The largest absolute Gasteiger partial charge is 0.378 e. The fraction of sp³-hybridized carbons (Fsp3) is 0. The molecule has 0 amide bonds. The topological polar surface area (TPSA) is 43.4 Å². The van der Waals surface area contributed by atoms with Crippen LogP contribution in [0.5, 0.6) is 5.75 Å². The molecule has 0 fully saturated rings. The van der Waals surface area contributed by atoms with Crippen LogP contribution in [0.1, 0.15) is 0 Å². The molecule has 0 aliphatic rings. The molecule has 1 aromatic carbocycles. The van der Waals surface area contributed by atoms with E-state index < -0.39 is 28.4 Å². The van der Waals surface area contributed by atoms with Crippen molar-refractivity contribution in [2.24, 2.45) is 0 Å². The molecule has 1 aromatic rings. The zero-order chi connectivity index (χ0) is 9.14. The number of hydrogen-bond donors (Lipinski definition) is 1. The first-order valence-corrected chi connectivity index (χ1v) is 3.97. The Hall–Kier alpha value is -1.17. The highest BCUT2D eigenvalue weighted by Gasteiger charge is 2.09. The van der Waals surface area contributed by atoms with Crippen LogP contribution in [-0.2, 0) is 11.0 Å². The second-order valence-corrected chi connectivity index (χ2v) is 2.50. The lowest BCUT2D eigenvalue weighted by atomic mass is 10.3. The van der Waals surface area contributed by atoms with Crippen LogP contribution in [0.4, 0.5) is 8.78 Å². The fourth-order valence-electron chi connectivity index (χ4n) is 0.644. The molecule has 1 rings (SSSR count). The first-order chi connectivity index (χ1) is 5.61. The summed E-state index contributed by atoms with van der Waals surface area (Å²) >= 11 is 0. The Balaban J connectivity index is 3.12. The molecule has 3 nitrogen and oxygen atoms in total. The average molecular weight is 194 g/mol. The maximum atomic E-state index is 12.6. The van der Waals surface area contributed by atoms with E-state index in [4.69, 9.17) is 0 Å².